The van der Waals surface area contributed by atoms with E-state index in [4.69, 9.17) is 4.18 Å². The van der Waals surface area contributed by atoms with Crippen LogP contribution < -0.4 is 9.74 Å². The third-order valence-corrected chi connectivity index (χ3v) is 6.44. The van der Waals surface area contributed by atoms with Crippen molar-refractivity contribution in [2.75, 3.05) is 11.5 Å². The molecule has 6 nitrogen and oxygen atoms in total. The van der Waals surface area contributed by atoms with E-state index in [1.165, 1.54) is 27.7 Å². The van der Waals surface area contributed by atoms with E-state index in [9.17, 15) is 13.2 Å². The van der Waals surface area contributed by atoms with Gasteiger partial charge in [0.05, 0.1) is 11.1 Å². The molecular formula is C15H14N2O4S3. The van der Waals surface area contributed by atoms with Gasteiger partial charge in [-0.25, -0.2) is 4.98 Å². The average molecular weight is 382 g/mol. The van der Waals surface area contributed by atoms with Crippen LogP contribution in [-0.4, -0.2) is 29.5 Å². The standard InChI is InChI=1S/C15H14N2O4S3/c1-17-14(18)12-7-8-22-13(12)16-15(17)23-9-10-24(19,20)21-11-5-3-2-4-6-11/h2-8H,9-10H2,1H3. The summed E-state index contributed by atoms with van der Waals surface area (Å²) in [6, 6.07) is 10.1. The van der Waals surface area contributed by atoms with Crippen molar-refractivity contribution in [1.82, 2.24) is 9.55 Å². The minimum absolute atomic E-state index is 0.132. The normalized spacial score (nSPS) is 11.7. The van der Waals surface area contributed by atoms with Gasteiger partial charge < -0.3 is 4.18 Å². The van der Waals surface area contributed by atoms with E-state index < -0.39 is 10.1 Å². The van der Waals surface area contributed by atoms with Gasteiger partial charge in [0.25, 0.3) is 5.56 Å². The molecule has 0 amide bonds. The van der Waals surface area contributed by atoms with Gasteiger partial charge in [-0.2, -0.15) is 8.42 Å². The lowest BCUT2D eigenvalue weighted by Crippen LogP contribution is -2.20. The fourth-order valence-electron chi connectivity index (χ4n) is 2.01. The summed E-state index contributed by atoms with van der Waals surface area (Å²) < 4.78 is 30.4. The number of benzene rings is 1. The van der Waals surface area contributed by atoms with Gasteiger partial charge >= 0.3 is 10.1 Å². The lowest BCUT2D eigenvalue weighted by Gasteiger charge is -2.08. The van der Waals surface area contributed by atoms with Gasteiger partial charge in [0, 0.05) is 12.8 Å². The molecule has 0 atom stereocenters. The molecule has 0 N–H and O–H groups in total. The maximum absolute atomic E-state index is 12.2. The molecule has 1 aromatic carbocycles. The Kier molecular flexibility index (Phi) is 4.93. The van der Waals surface area contributed by atoms with E-state index >= 15 is 0 Å². The first-order valence-corrected chi connectivity index (χ1v) is 10.4. The summed E-state index contributed by atoms with van der Waals surface area (Å²) in [7, 11) is -2.06. The Morgan fingerprint density at radius 3 is 2.75 bits per heavy atom. The second kappa shape index (κ2) is 6.96. The van der Waals surface area contributed by atoms with Crippen LogP contribution >= 0.6 is 23.1 Å². The van der Waals surface area contributed by atoms with Crippen LogP contribution in [0.15, 0.2) is 51.7 Å². The molecule has 0 aliphatic rings. The lowest BCUT2D eigenvalue weighted by atomic mass is 10.3. The zero-order valence-corrected chi connectivity index (χ0v) is 15.2. The van der Waals surface area contributed by atoms with Crippen LogP contribution in [0.4, 0.5) is 0 Å². The van der Waals surface area contributed by atoms with E-state index in [0.29, 0.717) is 15.4 Å². The Labute approximate surface area is 147 Å². The average Bonchev–Trinajstić information content (AvgIpc) is 3.01. The highest BCUT2D eigenvalue weighted by atomic mass is 32.2. The van der Waals surface area contributed by atoms with Crippen LogP contribution in [0.3, 0.4) is 0 Å². The maximum atomic E-state index is 12.2. The van der Waals surface area contributed by atoms with Crippen LogP contribution in [0.5, 0.6) is 5.75 Å². The fraction of sp³-hybridized carbons (Fsp3) is 0.200. The van der Waals surface area contributed by atoms with Gasteiger partial charge in [-0.05, 0) is 23.6 Å². The first-order valence-electron chi connectivity index (χ1n) is 7.00. The zero-order chi connectivity index (χ0) is 17.2. The fourth-order valence-corrected chi connectivity index (χ4v) is 5.07. The van der Waals surface area contributed by atoms with E-state index in [0.717, 1.165) is 0 Å². The molecule has 3 aromatic rings. The summed E-state index contributed by atoms with van der Waals surface area (Å²) >= 11 is 2.60. The van der Waals surface area contributed by atoms with Crippen molar-refractivity contribution in [2.45, 2.75) is 5.16 Å². The van der Waals surface area contributed by atoms with E-state index in [-0.39, 0.29) is 22.8 Å². The Bertz CT molecular complexity index is 1010. The number of hydrogen-bond donors (Lipinski definition) is 0. The van der Waals surface area contributed by atoms with E-state index in [1.807, 2.05) is 5.38 Å². The van der Waals surface area contributed by atoms with Crippen molar-refractivity contribution < 1.29 is 12.6 Å². The molecule has 2 aromatic heterocycles. The number of thioether (sulfide) groups is 1. The SMILES string of the molecule is Cn1c(SCCS(=O)(=O)Oc2ccccc2)nc2sccc2c1=O. The molecule has 0 spiro atoms. The van der Waals surface area contributed by atoms with Gasteiger partial charge in [-0.3, -0.25) is 9.36 Å². The Morgan fingerprint density at radius 2 is 2.00 bits per heavy atom. The predicted octanol–water partition coefficient (Wildman–Crippen LogP) is 2.50. The number of hydrogen-bond acceptors (Lipinski definition) is 7. The maximum Gasteiger partial charge on any atom is 0.310 e. The molecule has 0 radical (unpaired) electrons. The lowest BCUT2D eigenvalue weighted by molar-refractivity contribution is 0.488. The molecule has 2 heterocycles. The van der Waals surface area contributed by atoms with E-state index in [1.54, 1.807) is 43.4 Å². The van der Waals surface area contributed by atoms with Crippen LogP contribution in [-0.2, 0) is 17.2 Å². The van der Waals surface area contributed by atoms with Gasteiger partial charge in [0.2, 0.25) is 0 Å². The molecule has 0 aliphatic carbocycles. The summed E-state index contributed by atoms with van der Waals surface area (Å²) in [6.45, 7) is 0. The van der Waals surface area contributed by atoms with Crippen LogP contribution in [0.2, 0.25) is 0 Å². The first-order chi connectivity index (χ1) is 11.5. The number of fused-ring (bicyclic) bond motifs is 1. The molecule has 0 fully saturated rings. The summed E-state index contributed by atoms with van der Waals surface area (Å²) in [5.41, 5.74) is -0.132. The van der Waals surface area contributed by atoms with Gasteiger partial charge in [0.15, 0.2) is 5.16 Å². The highest BCUT2D eigenvalue weighted by Crippen LogP contribution is 2.21. The topological polar surface area (TPSA) is 78.3 Å². The molecular weight excluding hydrogens is 368 g/mol. The van der Waals surface area contributed by atoms with Crippen molar-refractivity contribution >= 4 is 43.4 Å². The van der Waals surface area contributed by atoms with Gasteiger partial charge in [-0.15, -0.1) is 11.3 Å². The number of rotatable bonds is 6. The number of aromatic nitrogens is 2. The highest BCUT2D eigenvalue weighted by Gasteiger charge is 2.15. The number of thiophene rings is 1. The zero-order valence-electron chi connectivity index (χ0n) is 12.7. The van der Waals surface area contributed by atoms with Gasteiger partial charge in [-0.1, -0.05) is 30.0 Å². The molecule has 3 rings (SSSR count). The smallest absolute Gasteiger partial charge is 0.310 e. The monoisotopic (exact) mass is 382 g/mol. The molecule has 0 unspecified atom stereocenters. The summed E-state index contributed by atoms with van der Waals surface area (Å²) in [6.07, 6.45) is 0. The van der Waals surface area contributed by atoms with Crippen molar-refractivity contribution in [3.63, 3.8) is 0 Å². The Hall–Kier alpha value is -1.84. The highest BCUT2D eigenvalue weighted by molar-refractivity contribution is 8.00. The third kappa shape index (κ3) is 3.80. The quantitative estimate of drug-likeness (QED) is 0.370. The van der Waals surface area contributed by atoms with Crippen molar-refractivity contribution in [3.05, 3.63) is 52.1 Å². The first kappa shape index (κ1) is 17.0. The largest absolute Gasteiger partial charge is 0.382 e. The molecule has 0 saturated heterocycles. The summed E-state index contributed by atoms with van der Waals surface area (Å²) in [5, 5.41) is 2.88. The van der Waals surface area contributed by atoms with Crippen molar-refractivity contribution in [3.8, 4) is 5.75 Å². The van der Waals surface area contributed by atoms with Crippen molar-refractivity contribution in [1.29, 1.82) is 0 Å². The molecule has 0 bridgehead atoms. The molecule has 0 saturated carbocycles. The van der Waals surface area contributed by atoms with Crippen LogP contribution in [0.1, 0.15) is 0 Å². The molecule has 126 valence electrons. The third-order valence-electron chi connectivity index (χ3n) is 3.19. The second-order valence-corrected chi connectivity index (χ2v) is 8.55. The van der Waals surface area contributed by atoms with Crippen LogP contribution in [0.25, 0.3) is 10.2 Å². The molecule has 24 heavy (non-hydrogen) atoms. The van der Waals surface area contributed by atoms with E-state index in [2.05, 4.69) is 4.98 Å². The molecule has 0 aliphatic heterocycles. The van der Waals surface area contributed by atoms with Gasteiger partial charge in [0.1, 0.15) is 10.6 Å². The Balaban J connectivity index is 1.68. The molecule has 9 heteroatoms. The second-order valence-electron chi connectivity index (χ2n) is 4.90. The Morgan fingerprint density at radius 1 is 1.25 bits per heavy atom. The van der Waals surface area contributed by atoms with Crippen molar-refractivity contribution in [2.24, 2.45) is 7.05 Å². The summed E-state index contributed by atoms with van der Waals surface area (Å²) in [4.78, 5) is 17.2. The minimum atomic E-state index is -3.69. The number of para-hydroxylation sites is 1. The predicted molar refractivity (Wildman–Crippen MR) is 96.4 cm³/mol. The number of nitrogens with zero attached hydrogens (tertiary/aromatic N) is 2. The van der Waals surface area contributed by atoms with Crippen LogP contribution in [0, 0.1) is 0 Å². The summed E-state index contributed by atoms with van der Waals surface area (Å²) in [5.74, 6) is 0.352. The minimum Gasteiger partial charge on any atom is -0.382 e.